The number of aromatic nitrogens is 2. The number of halogens is 1. The average Bonchev–Trinajstić information content (AvgIpc) is 2.92. The van der Waals surface area contributed by atoms with Crippen LogP contribution in [0, 0.1) is 5.82 Å². The van der Waals surface area contributed by atoms with Gasteiger partial charge in [0.25, 0.3) is 0 Å². The molecule has 8 heteroatoms. The Balaban J connectivity index is 1.72. The van der Waals surface area contributed by atoms with Crippen molar-refractivity contribution >= 4 is 28.2 Å². The molecule has 0 aliphatic carbocycles. The lowest BCUT2D eigenvalue weighted by Gasteiger charge is -2.11. The predicted octanol–water partition coefficient (Wildman–Crippen LogP) is 2.25. The van der Waals surface area contributed by atoms with Crippen LogP contribution in [0.15, 0.2) is 28.6 Å². The highest BCUT2D eigenvalue weighted by Crippen LogP contribution is 2.25. The second-order valence-electron chi connectivity index (χ2n) is 3.85. The number of benzene rings is 1. The number of hydrogen-bond donors (Lipinski definition) is 2. The van der Waals surface area contributed by atoms with Gasteiger partial charge in [0, 0.05) is 12.8 Å². The van der Waals surface area contributed by atoms with E-state index < -0.39 is 6.10 Å². The van der Waals surface area contributed by atoms with Gasteiger partial charge in [-0.2, -0.15) is 0 Å². The molecule has 1 aromatic heterocycles. The van der Waals surface area contributed by atoms with Crippen molar-refractivity contribution in [1.82, 2.24) is 10.2 Å². The van der Waals surface area contributed by atoms with Crippen LogP contribution in [-0.2, 0) is 0 Å². The standard InChI is InChI=1S/C12H14FN3O2S2/c1-14-11-15-16-12(20-11)19-7-9(17)6-18-10-4-2-8(13)3-5-10/h2-5,9,17H,6-7H2,1H3,(H,14,15). The Hall–Kier alpha value is -1.38. The van der Waals surface area contributed by atoms with E-state index in [9.17, 15) is 9.50 Å². The summed E-state index contributed by atoms with van der Waals surface area (Å²) in [6.07, 6.45) is -0.632. The van der Waals surface area contributed by atoms with Crippen LogP contribution in [0.25, 0.3) is 0 Å². The van der Waals surface area contributed by atoms with Crippen LogP contribution in [0.1, 0.15) is 0 Å². The summed E-state index contributed by atoms with van der Waals surface area (Å²) in [4.78, 5) is 0. The van der Waals surface area contributed by atoms with Crippen molar-refractivity contribution < 1.29 is 14.2 Å². The van der Waals surface area contributed by atoms with E-state index in [-0.39, 0.29) is 12.4 Å². The first-order valence-corrected chi connectivity index (χ1v) is 7.68. The average molecular weight is 315 g/mol. The number of anilines is 1. The van der Waals surface area contributed by atoms with Gasteiger partial charge in [-0.3, -0.25) is 0 Å². The number of thioether (sulfide) groups is 1. The molecule has 0 radical (unpaired) electrons. The molecule has 0 saturated carbocycles. The normalized spacial score (nSPS) is 12.2. The van der Waals surface area contributed by atoms with Crippen LogP contribution in [0.5, 0.6) is 5.75 Å². The molecule has 1 heterocycles. The number of aliphatic hydroxyl groups excluding tert-OH is 1. The first-order valence-electron chi connectivity index (χ1n) is 5.88. The van der Waals surface area contributed by atoms with Crippen LogP contribution in [0.2, 0.25) is 0 Å². The molecular weight excluding hydrogens is 301 g/mol. The highest BCUT2D eigenvalue weighted by atomic mass is 32.2. The fourth-order valence-electron chi connectivity index (χ4n) is 1.31. The lowest BCUT2D eigenvalue weighted by atomic mass is 10.3. The molecular formula is C12H14FN3O2S2. The third kappa shape index (κ3) is 4.62. The van der Waals surface area contributed by atoms with E-state index in [2.05, 4.69) is 15.5 Å². The van der Waals surface area contributed by atoms with Crippen molar-refractivity contribution in [3.8, 4) is 5.75 Å². The van der Waals surface area contributed by atoms with E-state index in [1.54, 1.807) is 7.05 Å². The molecule has 5 nitrogen and oxygen atoms in total. The van der Waals surface area contributed by atoms with Gasteiger partial charge in [-0.05, 0) is 24.3 Å². The summed E-state index contributed by atoms with van der Waals surface area (Å²) >= 11 is 2.84. The summed E-state index contributed by atoms with van der Waals surface area (Å²) in [6, 6.07) is 5.69. The maximum atomic E-state index is 12.7. The third-order valence-electron chi connectivity index (χ3n) is 2.28. The predicted molar refractivity (Wildman–Crippen MR) is 78.1 cm³/mol. The van der Waals surface area contributed by atoms with Gasteiger partial charge in [0.05, 0.1) is 6.10 Å². The molecule has 108 valence electrons. The van der Waals surface area contributed by atoms with Gasteiger partial charge in [-0.1, -0.05) is 23.1 Å². The number of hydrogen-bond acceptors (Lipinski definition) is 7. The number of nitrogens with one attached hydrogen (secondary N) is 1. The van der Waals surface area contributed by atoms with Crippen LogP contribution < -0.4 is 10.1 Å². The van der Waals surface area contributed by atoms with Crippen molar-refractivity contribution in [1.29, 1.82) is 0 Å². The number of rotatable bonds is 7. The highest BCUT2D eigenvalue weighted by Gasteiger charge is 2.09. The van der Waals surface area contributed by atoms with Gasteiger partial charge in [0.15, 0.2) is 4.34 Å². The van der Waals surface area contributed by atoms with E-state index in [0.29, 0.717) is 11.5 Å². The molecule has 0 fully saturated rings. The molecule has 1 atom stereocenters. The molecule has 0 aliphatic heterocycles. The molecule has 2 aromatic rings. The zero-order valence-electron chi connectivity index (χ0n) is 10.7. The maximum absolute atomic E-state index is 12.7. The number of aliphatic hydroxyl groups is 1. The fraction of sp³-hybridized carbons (Fsp3) is 0.333. The Kier molecular flexibility index (Phi) is 5.57. The van der Waals surface area contributed by atoms with Crippen molar-refractivity contribution in [2.45, 2.75) is 10.4 Å². The molecule has 1 unspecified atom stereocenters. The molecule has 1 aromatic carbocycles. The van der Waals surface area contributed by atoms with Crippen LogP contribution >= 0.6 is 23.1 Å². The molecule has 2 rings (SSSR count). The zero-order valence-corrected chi connectivity index (χ0v) is 12.4. The second kappa shape index (κ2) is 7.41. The second-order valence-corrected chi connectivity index (χ2v) is 6.10. The highest BCUT2D eigenvalue weighted by molar-refractivity contribution is 8.01. The maximum Gasteiger partial charge on any atom is 0.206 e. The fourth-order valence-corrected chi connectivity index (χ4v) is 2.95. The van der Waals surface area contributed by atoms with Gasteiger partial charge in [-0.25, -0.2) is 4.39 Å². The first kappa shape index (κ1) is 15.0. The van der Waals surface area contributed by atoms with E-state index >= 15 is 0 Å². The molecule has 2 N–H and O–H groups in total. The first-order chi connectivity index (χ1) is 9.67. The summed E-state index contributed by atoms with van der Waals surface area (Å²) < 4.78 is 18.8. The van der Waals surface area contributed by atoms with Gasteiger partial charge >= 0.3 is 0 Å². The summed E-state index contributed by atoms with van der Waals surface area (Å²) in [6.45, 7) is 0.149. The monoisotopic (exact) mass is 315 g/mol. The number of nitrogens with zero attached hydrogens (tertiary/aromatic N) is 2. The third-order valence-corrected chi connectivity index (χ3v) is 4.49. The van der Waals surface area contributed by atoms with Gasteiger partial charge in [-0.15, -0.1) is 10.2 Å². The largest absolute Gasteiger partial charge is 0.491 e. The van der Waals surface area contributed by atoms with Gasteiger partial charge < -0.3 is 15.2 Å². The van der Waals surface area contributed by atoms with Crippen LogP contribution in [0.4, 0.5) is 9.52 Å². The summed E-state index contributed by atoms with van der Waals surface area (Å²) in [5, 5.41) is 21.3. The SMILES string of the molecule is CNc1nnc(SCC(O)COc2ccc(F)cc2)s1. The Bertz CT molecular complexity index is 536. The molecule has 0 saturated heterocycles. The Morgan fingerprint density at radius 1 is 1.40 bits per heavy atom. The van der Waals surface area contributed by atoms with Crippen molar-refractivity contribution in [3.05, 3.63) is 30.1 Å². The summed E-state index contributed by atoms with van der Waals surface area (Å²) in [5.74, 6) is 0.674. The van der Waals surface area contributed by atoms with Crippen molar-refractivity contribution in [3.63, 3.8) is 0 Å². The lowest BCUT2D eigenvalue weighted by Crippen LogP contribution is -2.20. The quantitative estimate of drug-likeness (QED) is 0.764. The summed E-state index contributed by atoms with van der Waals surface area (Å²) in [7, 11) is 1.78. The van der Waals surface area contributed by atoms with E-state index in [0.717, 1.165) is 9.47 Å². The van der Waals surface area contributed by atoms with E-state index in [1.165, 1.54) is 47.4 Å². The molecule has 0 aliphatic rings. The molecule has 0 spiro atoms. The zero-order chi connectivity index (χ0) is 14.4. The topological polar surface area (TPSA) is 67.3 Å². The van der Waals surface area contributed by atoms with Crippen LogP contribution in [0.3, 0.4) is 0 Å². The minimum atomic E-state index is -0.632. The molecule has 0 bridgehead atoms. The Labute approximate surface area is 124 Å². The van der Waals surface area contributed by atoms with E-state index in [1.807, 2.05) is 0 Å². The number of ether oxygens (including phenoxy) is 1. The van der Waals surface area contributed by atoms with Crippen LogP contribution in [-0.4, -0.2) is 40.8 Å². The Morgan fingerprint density at radius 2 is 2.15 bits per heavy atom. The lowest BCUT2D eigenvalue weighted by molar-refractivity contribution is 0.126. The Morgan fingerprint density at radius 3 is 2.80 bits per heavy atom. The van der Waals surface area contributed by atoms with E-state index in [4.69, 9.17) is 4.74 Å². The minimum absolute atomic E-state index is 0.149. The smallest absolute Gasteiger partial charge is 0.206 e. The minimum Gasteiger partial charge on any atom is -0.491 e. The summed E-state index contributed by atoms with van der Waals surface area (Å²) in [5.41, 5.74) is 0. The van der Waals surface area contributed by atoms with Crippen molar-refractivity contribution in [2.75, 3.05) is 24.7 Å². The van der Waals surface area contributed by atoms with Crippen molar-refractivity contribution in [2.24, 2.45) is 0 Å². The van der Waals surface area contributed by atoms with Gasteiger partial charge in [0.2, 0.25) is 5.13 Å². The molecule has 20 heavy (non-hydrogen) atoms. The van der Waals surface area contributed by atoms with Gasteiger partial charge in [0.1, 0.15) is 18.2 Å². The molecule has 0 amide bonds.